The quantitative estimate of drug-likeness (QED) is 0.689. The van der Waals surface area contributed by atoms with Crippen LogP contribution >= 0.6 is 0 Å². The highest BCUT2D eigenvalue weighted by atomic mass is 16.2. The summed E-state index contributed by atoms with van der Waals surface area (Å²) < 4.78 is 0. The van der Waals surface area contributed by atoms with Crippen molar-refractivity contribution in [1.29, 1.82) is 0 Å². The third-order valence-electron chi connectivity index (χ3n) is 4.60. The molecule has 27 heavy (non-hydrogen) atoms. The molecule has 0 aliphatic carbocycles. The summed E-state index contributed by atoms with van der Waals surface area (Å²) in [5, 5.41) is 5.56. The van der Waals surface area contributed by atoms with E-state index in [0.717, 1.165) is 22.3 Å². The van der Waals surface area contributed by atoms with Gasteiger partial charge in [-0.15, -0.1) is 0 Å². The molecule has 0 bridgehead atoms. The molecule has 136 valence electrons. The van der Waals surface area contributed by atoms with Crippen LogP contribution in [0.5, 0.6) is 0 Å². The minimum Gasteiger partial charge on any atom is -0.337 e. The van der Waals surface area contributed by atoms with Crippen molar-refractivity contribution < 1.29 is 9.59 Å². The summed E-state index contributed by atoms with van der Waals surface area (Å²) in [5.41, 5.74) is 4.47. The summed E-state index contributed by atoms with van der Waals surface area (Å²) in [6.07, 6.45) is 0. The van der Waals surface area contributed by atoms with Gasteiger partial charge in [-0.3, -0.25) is 9.59 Å². The molecule has 3 aromatic rings. The van der Waals surface area contributed by atoms with E-state index in [-0.39, 0.29) is 0 Å². The lowest BCUT2D eigenvalue weighted by Crippen LogP contribution is -2.38. The Morgan fingerprint density at radius 2 is 1.26 bits per heavy atom. The van der Waals surface area contributed by atoms with Crippen molar-refractivity contribution in [3.05, 3.63) is 101 Å². The summed E-state index contributed by atoms with van der Waals surface area (Å²) in [6, 6.07) is 24.4. The second-order valence-electron chi connectivity index (χ2n) is 6.43. The number of hydrogen-bond acceptors (Lipinski definition) is 2. The van der Waals surface area contributed by atoms with E-state index < -0.39 is 17.9 Å². The van der Waals surface area contributed by atoms with Gasteiger partial charge in [0.05, 0.1) is 6.04 Å². The maximum Gasteiger partial charge on any atom is 0.313 e. The molecule has 0 unspecified atom stereocenters. The van der Waals surface area contributed by atoms with Gasteiger partial charge in [0.2, 0.25) is 0 Å². The van der Waals surface area contributed by atoms with Gasteiger partial charge in [-0.1, -0.05) is 72.8 Å². The molecule has 0 heterocycles. The number of rotatable bonds is 4. The Kier molecular flexibility index (Phi) is 5.67. The monoisotopic (exact) mass is 358 g/mol. The third kappa shape index (κ3) is 4.42. The lowest BCUT2D eigenvalue weighted by atomic mass is 9.98. The SMILES string of the molecule is Cc1cccc(NC(=O)C(=O)NC(c2ccccc2)c2ccccc2)c1C. The molecule has 2 amide bonds. The molecule has 0 saturated heterocycles. The second kappa shape index (κ2) is 8.32. The zero-order chi connectivity index (χ0) is 19.2. The molecule has 0 spiro atoms. The molecule has 4 heteroatoms. The minimum absolute atomic E-state index is 0.399. The highest BCUT2D eigenvalue weighted by Gasteiger charge is 2.21. The van der Waals surface area contributed by atoms with Crippen LogP contribution in [0.4, 0.5) is 5.69 Å². The van der Waals surface area contributed by atoms with Crippen molar-refractivity contribution in [1.82, 2.24) is 5.32 Å². The van der Waals surface area contributed by atoms with Crippen molar-refractivity contribution in [2.75, 3.05) is 5.32 Å². The van der Waals surface area contributed by atoms with Gasteiger partial charge in [0.25, 0.3) is 0 Å². The Labute approximate surface area is 159 Å². The van der Waals surface area contributed by atoms with Crippen molar-refractivity contribution in [2.24, 2.45) is 0 Å². The first-order valence-corrected chi connectivity index (χ1v) is 8.84. The Hall–Kier alpha value is -3.40. The number of benzene rings is 3. The van der Waals surface area contributed by atoms with E-state index in [2.05, 4.69) is 10.6 Å². The summed E-state index contributed by atoms with van der Waals surface area (Å²) >= 11 is 0. The van der Waals surface area contributed by atoms with Gasteiger partial charge >= 0.3 is 11.8 Å². The fourth-order valence-electron chi connectivity index (χ4n) is 2.91. The Morgan fingerprint density at radius 1 is 0.704 bits per heavy atom. The molecule has 0 aromatic heterocycles. The van der Waals surface area contributed by atoms with Gasteiger partial charge in [-0.05, 0) is 42.2 Å². The van der Waals surface area contributed by atoms with Crippen molar-refractivity contribution in [3.63, 3.8) is 0 Å². The lowest BCUT2D eigenvalue weighted by molar-refractivity contribution is -0.136. The van der Waals surface area contributed by atoms with E-state index in [9.17, 15) is 9.59 Å². The smallest absolute Gasteiger partial charge is 0.313 e. The Morgan fingerprint density at radius 3 is 1.81 bits per heavy atom. The van der Waals surface area contributed by atoms with Gasteiger partial charge in [0.15, 0.2) is 0 Å². The first-order chi connectivity index (χ1) is 13.1. The summed E-state index contributed by atoms with van der Waals surface area (Å²) in [4.78, 5) is 25.0. The molecule has 3 rings (SSSR count). The average Bonchev–Trinajstić information content (AvgIpc) is 2.70. The summed E-state index contributed by atoms with van der Waals surface area (Å²) in [6.45, 7) is 3.88. The highest BCUT2D eigenvalue weighted by Crippen LogP contribution is 2.22. The molecule has 4 nitrogen and oxygen atoms in total. The first-order valence-electron chi connectivity index (χ1n) is 8.84. The standard InChI is InChI=1S/C23H22N2O2/c1-16-10-9-15-20(17(16)2)24-22(26)23(27)25-21(18-11-5-3-6-12-18)19-13-7-4-8-14-19/h3-15,21H,1-2H3,(H,24,26)(H,25,27). The number of carbonyl (C=O) groups excluding carboxylic acids is 2. The van der Waals surface area contributed by atoms with Gasteiger partial charge in [-0.25, -0.2) is 0 Å². The molecule has 0 fully saturated rings. The van der Waals surface area contributed by atoms with Gasteiger partial charge in [0.1, 0.15) is 0 Å². The van der Waals surface area contributed by atoms with Crippen LogP contribution in [0.15, 0.2) is 78.9 Å². The molecule has 0 atom stereocenters. The van der Waals surface area contributed by atoms with Crippen LogP contribution in [-0.2, 0) is 9.59 Å². The van der Waals surface area contributed by atoms with Crippen molar-refractivity contribution >= 4 is 17.5 Å². The zero-order valence-electron chi connectivity index (χ0n) is 15.4. The Bertz CT molecular complexity index is 898. The van der Waals surface area contributed by atoms with E-state index in [1.54, 1.807) is 6.07 Å². The van der Waals surface area contributed by atoms with E-state index in [1.807, 2.05) is 86.6 Å². The first kappa shape index (κ1) is 18.4. The maximum absolute atomic E-state index is 12.6. The fourth-order valence-corrected chi connectivity index (χ4v) is 2.91. The lowest BCUT2D eigenvalue weighted by Gasteiger charge is -2.20. The van der Waals surface area contributed by atoms with E-state index in [4.69, 9.17) is 0 Å². The van der Waals surface area contributed by atoms with Crippen LogP contribution < -0.4 is 10.6 Å². The van der Waals surface area contributed by atoms with E-state index in [1.165, 1.54) is 0 Å². The van der Waals surface area contributed by atoms with Gasteiger partial charge < -0.3 is 10.6 Å². The highest BCUT2D eigenvalue weighted by molar-refractivity contribution is 6.39. The van der Waals surface area contributed by atoms with Gasteiger partial charge in [-0.2, -0.15) is 0 Å². The molecular formula is C23H22N2O2. The van der Waals surface area contributed by atoms with Crippen LogP contribution in [0, 0.1) is 13.8 Å². The summed E-state index contributed by atoms with van der Waals surface area (Å²) in [7, 11) is 0. The second-order valence-corrected chi connectivity index (χ2v) is 6.43. The largest absolute Gasteiger partial charge is 0.337 e. The van der Waals surface area contributed by atoms with Crippen LogP contribution in [0.3, 0.4) is 0 Å². The number of nitrogens with one attached hydrogen (secondary N) is 2. The third-order valence-corrected chi connectivity index (χ3v) is 4.60. The van der Waals surface area contributed by atoms with E-state index in [0.29, 0.717) is 5.69 Å². The normalized spacial score (nSPS) is 10.5. The molecule has 0 radical (unpaired) electrons. The predicted molar refractivity (Wildman–Crippen MR) is 107 cm³/mol. The van der Waals surface area contributed by atoms with Crippen LogP contribution in [-0.4, -0.2) is 11.8 Å². The Balaban J connectivity index is 1.80. The molecule has 2 N–H and O–H groups in total. The van der Waals surface area contributed by atoms with Crippen molar-refractivity contribution in [3.8, 4) is 0 Å². The fraction of sp³-hybridized carbons (Fsp3) is 0.130. The number of hydrogen-bond donors (Lipinski definition) is 2. The maximum atomic E-state index is 12.6. The minimum atomic E-state index is -0.680. The topological polar surface area (TPSA) is 58.2 Å². The molecule has 0 aliphatic rings. The predicted octanol–water partition coefficient (Wildman–Crippen LogP) is 4.15. The number of aryl methyl sites for hydroxylation is 1. The van der Waals surface area contributed by atoms with E-state index >= 15 is 0 Å². The van der Waals surface area contributed by atoms with Crippen LogP contribution in [0.1, 0.15) is 28.3 Å². The number of amides is 2. The van der Waals surface area contributed by atoms with Gasteiger partial charge in [0, 0.05) is 5.69 Å². The molecule has 3 aromatic carbocycles. The molecular weight excluding hydrogens is 336 g/mol. The van der Waals surface area contributed by atoms with Crippen LogP contribution in [0.25, 0.3) is 0 Å². The molecule has 0 aliphatic heterocycles. The zero-order valence-corrected chi connectivity index (χ0v) is 15.4. The van der Waals surface area contributed by atoms with Crippen molar-refractivity contribution in [2.45, 2.75) is 19.9 Å². The average molecular weight is 358 g/mol. The number of anilines is 1. The van der Waals surface area contributed by atoms with Crippen LogP contribution in [0.2, 0.25) is 0 Å². The summed E-state index contributed by atoms with van der Waals surface area (Å²) in [5.74, 6) is -1.35. The number of carbonyl (C=O) groups is 2. The molecule has 0 saturated carbocycles.